The summed E-state index contributed by atoms with van der Waals surface area (Å²) in [6.07, 6.45) is 0. The van der Waals surface area contributed by atoms with Gasteiger partial charge in [0.15, 0.2) is 0 Å². The van der Waals surface area contributed by atoms with Gasteiger partial charge in [0.2, 0.25) is 5.91 Å². The van der Waals surface area contributed by atoms with E-state index in [4.69, 9.17) is 23.2 Å². The van der Waals surface area contributed by atoms with Gasteiger partial charge in [-0.3, -0.25) is 9.59 Å². The Morgan fingerprint density at radius 1 is 0.946 bits per heavy atom. The molecular formula is C28H22Cl2N4O2S. The Labute approximate surface area is 229 Å². The Morgan fingerprint density at radius 3 is 2.27 bits per heavy atom. The lowest BCUT2D eigenvalue weighted by atomic mass is 9.82. The topological polar surface area (TPSA) is 94.0 Å². The number of nitriles is 1. The minimum absolute atomic E-state index is 0.0667. The number of halogens is 2. The highest BCUT2D eigenvalue weighted by Gasteiger charge is 2.36. The number of benzene rings is 3. The minimum atomic E-state index is -0.730. The van der Waals surface area contributed by atoms with Crippen LogP contribution in [0.4, 0.5) is 11.4 Å². The van der Waals surface area contributed by atoms with Gasteiger partial charge in [0.05, 0.1) is 28.3 Å². The zero-order chi connectivity index (χ0) is 26.4. The van der Waals surface area contributed by atoms with Gasteiger partial charge in [0.25, 0.3) is 5.91 Å². The maximum Gasteiger partial charge on any atom is 0.254 e. The summed E-state index contributed by atoms with van der Waals surface area (Å²) in [5.41, 5.74) is 3.09. The quantitative estimate of drug-likeness (QED) is 0.305. The van der Waals surface area contributed by atoms with E-state index in [1.165, 1.54) is 11.8 Å². The number of carbonyl (C=O) groups is 2. The second kappa shape index (κ2) is 12.0. The lowest BCUT2D eigenvalue weighted by Gasteiger charge is -2.30. The van der Waals surface area contributed by atoms with E-state index in [2.05, 4.69) is 22.0 Å². The number of carbonyl (C=O) groups excluding carboxylic acids is 2. The number of amides is 2. The van der Waals surface area contributed by atoms with Crippen LogP contribution in [0.25, 0.3) is 0 Å². The molecule has 6 nitrogen and oxygen atoms in total. The van der Waals surface area contributed by atoms with Gasteiger partial charge in [0, 0.05) is 32.7 Å². The molecule has 0 aliphatic carbocycles. The number of allylic oxidation sites excluding steroid dienone is 2. The van der Waals surface area contributed by atoms with Gasteiger partial charge in [-0.25, -0.2) is 0 Å². The van der Waals surface area contributed by atoms with Crippen LogP contribution in [0, 0.1) is 11.3 Å². The number of rotatable bonds is 7. The number of anilines is 2. The molecule has 186 valence electrons. The largest absolute Gasteiger partial charge is 0.353 e. The molecule has 0 saturated heterocycles. The van der Waals surface area contributed by atoms with Crippen molar-refractivity contribution in [2.75, 3.05) is 16.4 Å². The molecule has 0 unspecified atom stereocenters. The van der Waals surface area contributed by atoms with E-state index >= 15 is 0 Å². The molecule has 3 aromatic rings. The monoisotopic (exact) mass is 548 g/mol. The third-order valence-corrected chi connectivity index (χ3v) is 7.23. The molecule has 0 saturated carbocycles. The van der Waals surface area contributed by atoms with Crippen LogP contribution in [0.2, 0.25) is 10.0 Å². The van der Waals surface area contributed by atoms with Crippen molar-refractivity contribution in [3.05, 3.63) is 116 Å². The summed E-state index contributed by atoms with van der Waals surface area (Å²) >= 11 is 13.7. The second-order valence-corrected chi connectivity index (χ2v) is 9.97. The first kappa shape index (κ1) is 26.4. The van der Waals surface area contributed by atoms with Crippen molar-refractivity contribution in [3.63, 3.8) is 0 Å². The van der Waals surface area contributed by atoms with Gasteiger partial charge in [-0.05, 0) is 55.0 Å². The molecule has 2 amide bonds. The first-order valence-electron chi connectivity index (χ1n) is 11.3. The Bertz CT molecular complexity index is 1430. The molecule has 1 aliphatic heterocycles. The summed E-state index contributed by atoms with van der Waals surface area (Å²) in [6.45, 7) is 1.76. The van der Waals surface area contributed by atoms with Crippen molar-refractivity contribution in [3.8, 4) is 6.07 Å². The second-order valence-electron chi connectivity index (χ2n) is 8.14. The maximum absolute atomic E-state index is 13.5. The van der Waals surface area contributed by atoms with Gasteiger partial charge in [0.1, 0.15) is 0 Å². The van der Waals surface area contributed by atoms with E-state index in [9.17, 15) is 14.9 Å². The lowest BCUT2D eigenvalue weighted by molar-refractivity contribution is -0.114. The predicted octanol–water partition coefficient (Wildman–Crippen LogP) is 6.70. The number of dihydropyridines is 1. The molecule has 0 aromatic heterocycles. The third kappa shape index (κ3) is 6.36. The zero-order valence-corrected chi connectivity index (χ0v) is 22.0. The number of nitrogens with one attached hydrogen (secondary N) is 3. The summed E-state index contributed by atoms with van der Waals surface area (Å²) in [5, 5.41) is 20.6. The molecule has 0 bridgehead atoms. The van der Waals surface area contributed by atoms with Crippen molar-refractivity contribution in [2.45, 2.75) is 12.8 Å². The molecule has 37 heavy (non-hydrogen) atoms. The molecular weight excluding hydrogens is 527 g/mol. The van der Waals surface area contributed by atoms with E-state index in [1.807, 2.05) is 24.3 Å². The molecule has 1 atom stereocenters. The number of thioether (sulfide) groups is 1. The molecule has 9 heteroatoms. The van der Waals surface area contributed by atoms with E-state index in [-0.39, 0.29) is 17.6 Å². The third-order valence-electron chi connectivity index (χ3n) is 5.62. The Morgan fingerprint density at radius 2 is 1.59 bits per heavy atom. The molecule has 0 radical (unpaired) electrons. The summed E-state index contributed by atoms with van der Waals surface area (Å²) < 4.78 is 0. The fourth-order valence-electron chi connectivity index (χ4n) is 3.94. The van der Waals surface area contributed by atoms with Crippen LogP contribution in [-0.2, 0) is 9.59 Å². The molecule has 4 rings (SSSR count). The van der Waals surface area contributed by atoms with E-state index in [0.717, 1.165) is 0 Å². The van der Waals surface area contributed by atoms with Crippen molar-refractivity contribution in [1.82, 2.24) is 5.32 Å². The van der Waals surface area contributed by atoms with Crippen LogP contribution >= 0.6 is 35.0 Å². The Kier molecular flexibility index (Phi) is 8.57. The summed E-state index contributed by atoms with van der Waals surface area (Å²) in [4.78, 5) is 26.1. The lowest BCUT2D eigenvalue weighted by Crippen LogP contribution is -2.31. The van der Waals surface area contributed by atoms with Crippen molar-refractivity contribution < 1.29 is 9.59 Å². The van der Waals surface area contributed by atoms with Crippen LogP contribution in [0.15, 0.2) is 101 Å². The van der Waals surface area contributed by atoms with E-state index in [0.29, 0.717) is 48.9 Å². The highest BCUT2D eigenvalue weighted by molar-refractivity contribution is 8.03. The molecule has 1 aliphatic rings. The average molecular weight is 549 g/mol. The highest BCUT2D eigenvalue weighted by Crippen LogP contribution is 2.43. The minimum Gasteiger partial charge on any atom is -0.353 e. The average Bonchev–Trinajstić information content (AvgIpc) is 2.89. The van der Waals surface area contributed by atoms with Crippen LogP contribution < -0.4 is 16.0 Å². The molecule has 3 aromatic carbocycles. The standard InChI is InChI=1S/C28H22Cl2N4O2S/c1-17-25(27(36)34-20-13-11-18(29)12-14-20)26(21-9-5-6-10-23(21)30)22(15-31)28(32-17)37-16-24(35)33-19-7-3-2-4-8-19/h2-14,26,32H,16H2,1H3,(H,33,35)(H,34,36)/t26-/m1/s1. The maximum atomic E-state index is 13.5. The fourth-order valence-corrected chi connectivity index (χ4v) is 5.20. The molecule has 1 heterocycles. The van der Waals surface area contributed by atoms with Gasteiger partial charge in [-0.2, -0.15) is 5.26 Å². The van der Waals surface area contributed by atoms with Crippen molar-refractivity contribution >= 4 is 58.2 Å². The Balaban J connectivity index is 1.65. The predicted molar refractivity (Wildman–Crippen MR) is 150 cm³/mol. The number of hydrogen-bond donors (Lipinski definition) is 3. The normalized spacial score (nSPS) is 15.0. The smallest absolute Gasteiger partial charge is 0.254 e. The van der Waals surface area contributed by atoms with E-state index < -0.39 is 5.92 Å². The SMILES string of the molecule is CC1=C(C(=O)Nc2ccc(Cl)cc2)[C@H](c2ccccc2Cl)C(C#N)=C(SCC(=O)Nc2ccccc2)N1. The fraction of sp³-hybridized carbons (Fsp3) is 0.107. The van der Waals surface area contributed by atoms with Crippen LogP contribution in [0.1, 0.15) is 18.4 Å². The first-order valence-corrected chi connectivity index (χ1v) is 13.0. The molecule has 3 N–H and O–H groups in total. The Hall–Kier alpha value is -3.70. The zero-order valence-electron chi connectivity index (χ0n) is 19.7. The van der Waals surface area contributed by atoms with Gasteiger partial charge < -0.3 is 16.0 Å². The summed E-state index contributed by atoms with van der Waals surface area (Å²) in [6, 6.07) is 25.3. The van der Waals surface area contributed by atoms with Crippen LogP contribution in [-0.4, -0.2) is 17.6 Å². The molecule has 0 fully saturated rings. The van der Waals surface area contributed by atoms with E-state index in [1.54, 1.807) is 61.5 Å². The van der Waals surface area contributed by atoms with Crippen LogP contribution in [0.5, 0.6) is 0 Å². The first-order chi connectivity index (χ1) is 17.9. The number of para-hydroxylation sites is 1. The number of hydrogen-bond acceptors (Lipinski definition) is 5. The number of nitrogens with zero attached hydrogens (tertiary/aromatic N) is 1. The van der Waals surface area contributed by atoms with Crippen molar-refractivity contribution in [1.29, 1.82) is 5.26 Å². The molecule has 0 spiro atoms. The van der Waals surface area contributed by atoms with Gasteiger partial charge in [-0.1, -0.05) is 71.4 Å². The van der Waals surface area contributed by atoms with Crippen molar-refractivity contribution in [2.24, 2.45) is 0 Å². The van der Waals surface area contributed by atoms with Gasteiger partial charge in [-0.15, -0.1) is 0 Å². The summed E-state index contributed by atoms with van der Waals surface area (Å²) in [7, 11) is 0. The van der Waals surface area contributed by atoms with Crippen LogP contribution in [0.3, 0.4) is 0 Å². The van der Waals surface area contributed by atoms with Gasteiger partial charge >= 0.3 is 0 Å². The highest BCUT2D eigenvalue weighted by atomic mass is 35.5. The summed E-state index contributed by atoms with van der Waals surface area (Å²) in [5.74, 6) is -1.26.